The summed E-state index contributed by atoms with van der Waals surface area (Å²) >= 11 is 1.29. The van der Waals surface area contributed by atoms with Crippen molar-refractivity contribution in [1.29, 1.82) is 0 Å². The van der Waals surface area contributed by atoms with Crippen LogP contribution in [0.5, 0.6) is 0 Å². The first-order valence-corrected chi connectivity index (χ1v) is 6.75. The largest absolute Gasteiger partial charge is 0.388 e. The quantitative estimate of drug-likeness (QED) is 0.827. The van der Waals surface area contributed by atoms with E-state index in [-0.39, 0.29) is 0 Å². The Bertz CT molecular complexity index is 332. The fourth-order valence-electron chi connectivity index (χ4n) is 1.77. The second kappa shape index (κ2) is 5.10. The van der Waals surface area contributed by atoms with Gasteiger partial charge in [-0.05, 0) is 31.7 Å². The number of hydrogen-bond acceptors (Lipinski definition) is 5. The number of nitrogen functional groups attached to an aromatic ring is 1. The van der Waals surface area contributed by atoms with Crippen LogP contribution in [0.1, 0.15) is 38.8 Å². The van der Waals surface area contributed by atoms with Crippen molar-refractivity contribution in [3.05, 3.63) is 5.69 Å². The van der Waals surface area contributed by atoms with Crippen LogP contribution in [-0.2, 0) is 6.54 Å². The summed E-state index contributed by atoms with van der Waals surface area (Å²) in [5.74, 6) is 0.757. The van der Waals surface area contributed by atoms with Crippen molar-refractivity contribution in [3.63, 3.8) is 0 Å². The lowest BCUT2D eigenvalue weighted by Crippen LogP contribution is -2.28. The van der Waals surface area contributed by atoms with E-state index in [0.717, 1.165) is 35.7 Å². The van der Waals surface area contributed by atoms with Crippen LogP contribution >= 0.6 is 11.5 Å². The molecule has 5 heteroatoms. The van der Waals surface area contributed by atoms with E-state index in [9.17, 15) is 0 Å². The summed E-state index contributed by atoms with van der Waals surface area (Å²) in [5.41, 5.74) is 6.79. The highest BCUT2D eigenvalue weighted by Gasteiger charge is 2.29. The highest BCUT2D eigenvalue weighted by Crippen LogP contribution is 2.29. The molecule has 0 atom stereocenters. The summed E-state index contributed by atoms with van der Waals surface area (Å²) in [7, 11) is 0. The molecule has 0 saturated heterocycles. The Hall–Kier alpha value is -0.680. The SMILES string of the molecule is CC(C)CCN(Cc1nnsc1N)C1CC1. The lowest BCUT2D eigenvalue weighted by molar-refractivity contribution is 0.237. The lowest BCUT2D eigenvalue weighted by Gasteiger charge is -2.21. The summed E-state index contributed by atoms with van der Waals surface area (Å²) in [5, 5.41) is 4.87. The van der Waals surface area contributed by atoms with Gasteiger partial charge in [0.15, 0.2) is 0 Å². The van der Waals surface area contributed by atoms with E-state index in [1.54, 1.807) is 0 Å². The minimum absolute atomic E-state index is 0.757. The molecule has 0 aliphatic heterocycles. The molecule has 0 unspecified atom stereocenters. The van der Waals surface area contributed by atoms with E-state index in [1.165, 1.54) is 30.8 Å². The first-order chi connectivity index (χ1) is 7.66. The Morgan fingerprint density at radius 1 is 1.50 bits per heavy atom. The molecule has 0 bridgehead atoms. The topological polar surface area (TPSA) is 55.0 Å². The molecule has 0 aromatic carbocycles. The molecule has 0 amide bonds. The molecule has 90 valence electrons. The normalized spacial score (nSPS) is 16.2. The standard InChI is InChI=1S/C11H20N4S/c1-8(2)5-6-15(9-3-4-9)7-10-11(12)16-14-13-10/h8-9H,3-7,12H2,1-2H3. The van der Waals surface area contributed by atoms with E-state index in [2.05, 4.69) is 28.3 Å². The fourth-order valence-corrected chi connectivity index (χ4v) is 2.21. The van der Waals surface area contributed by atoms with Crippen LogP contribution < -0.4 is 5.73 Å². The molecule has 1 aliphatic carbocycles. The Labute approximate surface area is 101 Å². The molecule has 16 heavy (non-hydrogen) atoms. The smallest absolute Gasteiger partial charge is 0.132 e. The van der Waals surface area contributed by atoms with Crippen molar-refractivity contribution in [2.24, 2.45) is 5.92 Å². The predicted octanol–water partition coefficient (Wildman–Crippen LogP) is 2.13. The summed E-state index contributed by atoms with van der Waals surface area (Å²) < 4.78 is 3.89. The van der Waals surface area contributed by atoms with Gasteiger partial charge in [-0.1, -0.05) is 18.3 Å². The molecular weight excluding hydrogens is 220 g/mol. The molecule has 2 N–H and O–H groups in total. The van der Waals surface area contributed by atoms with Crippen molar-refractivity contribution < 1.29 is 0 Å². The molecule has 1 aromatic heterocycles. The highest BCUT2D eigenvalue weighted by atomic mass is 32.1. The molecule has 1 aliphatic rings. The maximum Gasteiger partial charge on any atom is 0.132 e. The van der Waals surface area contributed by atoms with Gasteiger partial charge in [-0.25, -0.2) is 0 Å². The van der Waals surface area contributed by atoms with Crippen molar-refractivity contribution in [1.82, 2.24) is 14.5 Å². The van der Waals surface area contributed by atoms with E-state index >= 15 is 0 Å². The maximum absolute atomic E-state index is 5.83. The fraction of sp³-hybridized carbons (Fsp3) is 0.818. The monoisotopic (exact) mass is 240 g/mol. The van der Waals surface area contributed by atoms with Gasteiger partial charge in [0.25, 0.3) is 0 Å². The van der Waals surface area contributed by atoms with E-state index in [1.807, 2.05) is 0 Å². The highest BCUT2D eigenvalue weighted by molar-refractivity contribution is 7.09. The van der Waals surface area contributed by atoms with Gasteiger partial charge < -0.3 is 5.73 Å². The van der Waals surface area contributed by atoms with Gasteiger partial charge in [-0.15, -0.1) is 5.10 Å². The Balaban J connectivity index is 1.90. The van der Waals surface area contributed by atoms with Gasteiger partial charge in [0.1, 0.15) is 10.7 Å². The van der Waals surface area contributed by atoms with Gasteiger partial charge in [0, 0.05) is 24.1 Å². The molecule has 0 spiro atoms. The second-order valence-electron chi connectivity index (χ2n) is 4.97. The third kappa shape index (κ3) is 3.15. The van der Waals surface area contributed by atoms with Gasteiger partial charge in [0.05, 0.1) is 0 Å². The molecule has 1 heterocycles. The third-order valence-corrected chi connectivity index (χ3v) is 3.59. The Morgan fingerprint density at radius 2 is 2.25 bits per heavy atom. The second-order valence-corrected chi connectivity index (χ2v) is 5.75. The number of nitrogens with two attached hydrogens (primary N) is 1. The zero-order valence-corrected chi connectivity index (χ0v) is 10.8. The molecule has 1 fully saturated rings. The first kappa shape index (κ1) is 11.8. The molecule has 1 aromatic rings. The average Bonchev–Trinajstić information content (AvgIpc) is 2.99. The zero-order chi connectivity index (χ0) is 11.5. The number of aromatic nitrogens is 2. The summed E-state index contributed by atoms with van der Waals surface area (Å²) in [6.07, 6.45) is 3.90. The Kier molecular flexibility index (Phi) is 3.76. The lowest BCUT2D eigenvalue weighted by atomic mass is 10.1. The summed E-state index contributed by atoms with van der Waals surface area (Å²) in [4.78, 5) is 2.51. The minimum Gasteiger partial charge on any atom is -0.388 e. The Morgan fingerprint density at radius 3 is 2.75 bits per heavy atom. The van der Waals surface area contributed by atoms with E-state index < -0.39 is 0 Å². The van der Waals surface area contributed by atoms with Crippen LogP contribution in [0, 0.1) is 5.92 Å². The minimum atomic E-state index is 0.757. The van der Waals surface area contributed by atoms with Crippen LogP contribution in [0.3, 0.4) is 0 Å². The number of hydrogen-bond donors (Lipinski definition) is 1. The van der Waals surface area contributed by atoms with Crippen LogP contribution in [0.15, 0.2) is 0 Å². The van der Waals surface area contributed by atoms with Gasteiger partial charge in [-0.2, -0.15) is 0 Å². The van der Waals surface area contributed by atoms with Crippen molar-refractivity contribution in [3.8, 4) is 0 Å². The third-order valence-electron chi connectivity index (χ3n) is 2.99. The van der Waals surface area contributed by atoms with Crippen molar-refractivity contribution >= 4 is 16.5 Å². The van der Waals surface area contributed by atoms with Gasteiger partial charge in [-0.3, -0.25) is 4.90 Å². The average molecular weight is 240 g/mol. The van der Waals surface area contributed by atoms with Crippen LogP contribution in [-0.4, -0.2) is 27.1 Å². The van der Waals surface area contributed by atoms with Crippen LogP contribution in [0.4, 0.5) is 5.00 Å². The van der Waals surface area contributed by atoms with Crippen LogP contribution in [0.2, 0.25) is 0 Å². The van der Waals surface area contributed by atoms with Crippen LogP contribution in [0.25, 0.3) is 0 Å². The van der Waals surface area contributed by atoms with Gasteiger partial charge in [0.2, 0.25) is 0 Å². The summed E-state index contributed by atoms with van der Waals surface area (Å²) in [6.45, 7) is 6.56. The number of nitrogens with zero attached hydrogens (tertiary/aromatic N) is 3. The van der Waals surface area contributed by atoms with E-state index in [4.69, 9.17) is 5.73 Å². The summed E-state index contributed by atoms with van der Waals surface area (Å²) in [6, 6.07) is 0.764. The van der Waals surface area contributed by atoms with Gasteiger partial charge >= 0.3 is 0 Å². The number of anilines is 1. The molecular formula is C11H20N4S. The van der Waals surface area contributed by atoms with E-state index in [0.29, 0.717) is 0 Å². The zero-order valence-electron chi connectivity index (χ0n) is 10.0. The molecule has 4 nitrogen and oxygen atoms in total. The molecule has 2 rings (SSSR count). The van der Waals surface area contributed by atoms with Crippen molar-refractivity contribution in [2.45, 2.75) is 45.7 Å². The maximum atomic E-state index is 5.83. The van der Waals surface area contributed by atoms with Crippen molar-refractivity contribution in [2.75, 3.05) is 12.3 Å². The number of rotatable bonds is 6. The molecule has 0 radical (unpaired) electrons. The first-order valence-electron chi connectivity index (χ1n) is 5.97. The predicted molar refractivity (Wildman–Crippen MR) is 67.2 cm³/mol. The molecule has 1 saturated carbocycles.